The van der Waals surface area contributed by atoms with Gasteiger partial charge in [-0.05, 0) is 72.4 Å². The quantitative estimate of drug-likeness (QED) is 0.212. The van der Waals surface area contributed by atoms with E-state index in [0.717, 1.165) is 35.3 Å². The smallest absolute Gasteiger partial charge is 0.341 e. The van der Waals surface area contributed by atoms with E-state index in [9.17, 15) is 14.4 Å². The maximum atomic E-state index is 12.3. The van der Waals surface area contributed by atoms with E-state index in [-0.39, 0.29) is 0 Å². The third kappa shape index (κ3) is 6.06. The largest absolute Gasteiger partial charge is 0.489 e. The van der Waals surface area contributed by atoms with Gasteiger partial charge in [0, 0.05) is 9.90 Å². The molecule has 0 unspecified atom stereocenters. The molecule has 8 nitrogen and oxygen atoms in total. The average Bonchev–Trinajstić information content (AvgIpc) is 3.45. The van der Waals surface area contributed by atoms with Gasteiger partial charge in [0.25, 0.3) is 0 Å². The number of fused-ring (bicyclic) bond motifs is 1. The zero-order valence-corrected chi connectivity index (χ0v) is 20.4. The summed E-state index contributed by atoms with van der Waals surface area (Å²) in [7, 11) is 1.28. The summed E-state index contributed by atoms with van der Waals surface area (Å²) < 4.78 is 10.6. The Hall–Kier alpha value is -3.69. The third-order valence-electron chi connectivity index (χ3n) is 5.32. The Morgan fingerprint density at radius 1 is 1.06 bits per heavy atom. The zero-order chi connectivity index (χ0) is 24.8. The maximum Gasteiger partial charge on any atom is 0.341 e. The van der Waals surface area contributed by atoms with Crippen LogP contribution in [-0.4, -0.2) is 31.1 Å². The van der Waals surface area contributed by atoms with Gasteiger partial charge in [-0.1, -0.05) is 23.7 Å². The fourth-order valence-electron chi connectivity index (χ4n) is 3.58. The molecule has 2 amide bonds. The second-order valence-corrected chi connectivity index (χ2v) is 9.23. The van der Waals surface area contributed by atoms with E-state index in [2.05, 4.69) is 15.8 Å². The summed E-state index contributed by atoms with van der Waals surface area (Å²) in [6.45, 7) is 0.403. The van der Waals surface area contributed by atoms with E-state index in [1.807, 2.05) is 12.1 Å². The molecule has 4 rings (SSSR count). The van der Waals surface area contributed by atoms with Crippen LogP contribution in [-0.2, 0) is 33.8 Å². The van der Waals surface area contributed by atoms with Crippen LogP contribution < -0.4 is 15.5 Å². The number of anilines is 1. The Kier molecular flexibility index (Phi) is 7.79. The molecule has 2 N–H and O–H groups in total. The molecule has 2 aromatic carbocycles. The molecule has 1 heterocycles. The van der Waals surface area contributed by atoms with E-state index < -0.39 is 17.8 Å². The van der Waals surface area contributed by atoms with Crippen LogP contribution in [0, 0.1) is 0 Å². The van der Waals surface area contributed by atoms with Crippen molar-refractivity contribution in [2.24, 2.45) is 5.10 Å². The van der Waals surface area contributed by atoms with Gasteiger partial charge in [-0.15, -0.1) is 11.3 Å². The predicted molar refractivity (Wildman–Crippen MR) is 134 cm³/mol. The molecule has 1 aliphatic carbocycles. The van der Waals surface area contributed by atoms with Gasteiger partial charge in [0.05, 0.1) is 18.9 Å². The number of carbonyl (C=O) groups is 3. The van der Waals surface area contributed by atoms with Crippen molar-refractivity contribution in [3.05, 3.63) is 80.7 Å². The topological polar surface area (TPSA) is 106 Å². The number of hydrazone groups is 1. The Morgan fingerprint density at radius 2 is 1.80 bits per heavy atom. The molecule has 0 saturated carbocycles. The van der Waals surface area contributed by atoms with E-state index in [4.69, 9.17) is 21.1 Å². The number of carbonyl (C=O) groups excluding carboxylic acids is 3. The van der Waals surface area contributed by atoms with E-state index in [1.165, 1.54) is 24.7 Å². The highest BCUT2D eigenvalue weighted by atomic mass is 35.5. The fourth-order valence-corrected chi connectivity index (χ4v) is 4.98. The summed E-state index contributed by atoms with van der Waals surface area (Å²) in [4.78, 5) is 37.7. The van der Waals surface area contributed by atoms with Crippen LogP contribution in [0.25, 0.3) is 0 Å². The lowest BCUT2D eigenvalue weighted by Gasteiger charge is -2.07. The van der Waals surface area contributed by atoms with Crippen LogP contribution in [0.3, 0.4) is 0 Å². The maximum absolute atomic E-state index is 12.3. The summed E-state index contributed by atoms with van der Waals surface area (Å²) in [5.41, 5.74) is 5.10. The molecule has 1 aliphatic rings. The van der Waals surface area contributed by atoms with Crippen LogP contribution in [0.4, 0.5) is 5.00 Å². The lowest BCUT2D eigenvalue weighted by atomic mass is 10.1. The van der Waals surface area contributed by atoms with Crippen LogP contribution in [0.2, 0.25) is 5.02 Å². The van der Waals surface area contributed by atoms with Gasteiger partial charge in [-0.25, -0.2) is 10.2 Å². The number of benzene rings is 2. The number of nitrogens with one attached hydrogen (secondary N) is 2. The Labute approximate surface area is 210 Å². The molecule has 1 aromatic heterocycles. The molecule has 0 fully saturated rings. The van der Waals surface area contributed by atoms with Crippen molar-refractivity contribution < 1.29 is 23.9 Å². The molecule has 180 valence electrons. The first-order valence-electron chi connectivity index (χ1n) is 10.8. The highest BCUT2D eigenvalue weighted by molar-refractivity contribution is 7.17. The number of ether oxygens (including phenoxy) is 2. The van der Waals surface area contributed by atoms with Gasteiger partial charge in [0.15, 0.2) is 0 Å². The van der Waals surface area contributed by atoms with Crippen molar-refractivity contribution in [2.75, 3.05) is 12.4 Å². The molecule has 0 spiro atoms. The fraction of sp³-hybridized carbons (Fsp3) is 0.200. The molecular weight excluding hydrogens is 490 g/mol. The SMILES string of the molecule is COC(=O)c1c(NC(=O)C(=O)N/N=C/c2ccc(OCc3ccc(Cl)cc3)cc2)sc2c1CCC2. The number of thiophene rings is 1. The minimum Gasteiger partial charge on any atom is -0.489 e. The molecular formula is C25H22ClN3O5S. The minimum absolute atomic E-state index is 0.319. The minimum atomic E-state index is -0.950. The summed E-state index contributed by atoms with van der Waals surface area (Å²) in [6.07, 6.45) is 3.94. The first-order chi connectivity index (χ1) is 16.9. The molecule has 0 bridgehead atoms. The van der Waals surface area contributed by atoms with Crippen molar-refractivity contribution in [3.63, 3.8) is 0 Å². The highest BCUT2D eigenvalue weighted by Gasteiger charge is 2.29. The molecule has 0 saturated heterocycles. The second-order valence-electron chi connectivity index (χ2n) is 7.69. The Bertz CT molecular complexity index is 1270. The third-order valence-corrected chi connectivity index (χ3v) is 6.78. The van der Waals surface area contributed by atoms with E-state index in [1.54, 1.807) is 36.4 Å². The second kappa shape index (κ2) is 11.2. The number of hydrogen-bond donors (Lipinski definition) is 2. The standard InChI is InChI=1S/C25H22ClN3O5S/c1-33-25(32)21-19-3-2-4-20(19)35-24(21)28-22(30)23(31)29-27-13-15-7-11-18(12-8-15)34-14-16-5-9-17(26)10-6-16/h5-13H,2-4,14H2,1H3,(H,28,30)(H,29,31)/b27-13+. The van der Waals surface area contributed by atoms with Crippen molar-refractivity contribution >= 4 is 51.9 Å². The van der Waals surface area contributed by atoms with Crippen molar-refractivity contribution in [2.45, 2.75) is 25.9 Å². The Morgan fingerprint density at radius 3 is 2.51 bits per heavy atom. The van der Waals surface area contributed by atoms with Crippen molar-refractivity contribution in [1.82, 2.24) is 5.43 Å². The number of hydrogen-bond acceptors (Lipinski definition) is 7. The number of halogens is 1. The first kappa shape index (κ1) is 24.4. The van der Waals surface area contributed by atoms with Gasteiger partial charge in [-0.3, -0.25) is 9.59 Å². The number of amides is 2. The molecule has 3 aromatic rings. The van der Waals surface area contributed by atoms with E-state index in [0.29, 0.717) is 33.5 Å². The normalized spacial score (nSPS) is 12.3. The number of rotatable bonds is 7. The van der Waals surface area contributed by atoms with Gasteiger partial charge in [-0.2, -0.15) is 5.10 Å². The summed E-state index contributed by atoms with van der Waals surface area (Å²) in [5, 5.41) is 7.33. The number of esters is 1. The molecule has 0 aliphatic heterocycles. The van der Waals surface area contributed by atoms with Crippen LogP contribution in [0.5, 0.6) is 5.75 Å². The first-order valence-corrected chi connectivity index (χ1v) is 12.0. The summed E-state index contributed by atoms with van der Waals surface area (Å²) in [5.74, 6) is -1.73. The van der Waals surface area contributed by atoms with Gasteiger partial charge >= 0.3 is 17.8 Å². The van der Waals surface area contributed by atoms with Gasteiger partial charge in [0.2, 0.25) is 0 Å². The van der Waals surface area contributed by atoms with E-state index >= 15 is 0 Å². The lowest BCUT2D eigenvalue weighted by molar-refractivity contribution is -0.136. The zero-order valence-electron chi connectivity index (χ0n) is 18.8. The highest BCUT2D eigenvalue weighted by Crippen LogP contribution is 2.39. The Balaban J connectivity index is 1.29. The number of aryl methyl sites for hydroxylation is 1. The lowest BCUT2D eigenvalue weighted by Crippen LogP contribution is -2.32. The molecule has 35 heavy (non-hydrogen) atoms. The summed E-state index contributed by atoms with van der Waals surface area (Å²) >= 11 is 7.17. The predicted octanol–water partition coefficient (Wildman–Crippen LogP) is 4.34. The van der Waals surface area contributed by atoms with Crippen LogP contribution >= 0.6 is 22.9 Å². The summed E-state index contributed by atoms with van der Waals surface area (Å²) in [6, 6.07) is 14.5. The number of methoxy groups -OCH3 is 1. The van der Waals surface area contributed by atoms with Crippen molar-refractivity contribution in [1.29, 1.82) is 0 Å². The van der Waals surface area contributed by atoms with Gasteiger partial charge < -0.3 is 14.8 Å². The molecule has 10 heteroatoms. The molecule has 0 atom stereocenters. The van der Waals surface area contributed by atoms with Crippen molar-refractivity contribution in [3.8, 4) is 5.75 Å². The van der Waals surface area contributed by atoms with Gasteiger partial charge in [0.1, 0.15) is 17.4 Å². The number of nitrogens with zero attached hydrogens (tertiary/aromatic N) is 1. The monoisotopic (exact) mass is 511 g/mol. The average molecular weight is 512 g/mol. The molecule has 0 radical (unpaired) electrons. The van der Waals surface area contributed by atoms with Crippen LogP contribution in [0.15, 0.2) is 53.6 Å². The van der Waals surface area contributed by atoms with Crippen LogP contribution in [0.1, 0.15) is 38.3 Å².